The molecule has 1 aromatic rings. The number of esters is 1. The smallest absolute Gasteiger partial charge is 0.416 e. The third kappa shape index (κ3) is 5.46. The van der Waals surface area contributed by atoms with Crippen LogP contribution in [0, 0.1) is 5.92 Å². The van der Waals surface area contributed by atoms with Gasteiger partial charge in [0.25, 0.3) is 5.91 Å². The van der Waals surface area contributed by atoms with E-state index in [9.17, 15) is 27.6 Å². The van der Waals surface area contributed by atoms with Crippen LogP contribution in [0.15, 0.2) is 24.3 Å². The summed E-state index contributed by atoms with van der Waals surface area (Å²) in [4.78, 5) is 37.3. The Labute approximate surface area is 161 Å². The van der Waals surface area contributed by atoms with Crippen molar-refractivity contribution < 1.29 is 32.3 Å². The minimum absolute atomic E-state index is 0.00402. The van der Waals surface area contributed by atoms with E-state index in [-0.39, 0.29) is 24.7 Å². The first-order valence-corrected chi connectivity index (χ1v) is 9.09. The van der Waals surface area contributed by atoms with Gasteiger partial charge in [0.05, 0.1) is 11.5 Å². The van der Waals surface area contributed by atoms with Gasteiger partial charge in [-0.05, 0) is 31.0 Å². The molecule has 0 saturated carbocycles. The number of rotatable bonds is 7. The quantitative estimate of drug-likeness (QED) is 0.714. The zero-order chi connectivity index (χ0) is 20.9. The molecule has 0 radical (unpaired) electrons. The lowest BCUT2D eigenvalue weighted by molar-refractivity contribution is -0.152. The second-order valence-electron chi connectivity index (χ2n) is 6.64. The van der Waals surface area contributed by atoms with Crippen molar-refractivity contribution in [1.82, 2.24) is 5.32 Å². The number of amides is 2. The van der Waals surface area contributed by atoms with Crippen molar-refractivity contribution in [1.29, 1.82) is 0 Å². The summed E-state index contributed by atoms with van der Waals surface area (Å²) >= 11 is 0. The topological polar surface area (TPSA) is 75.7 Å². The average molecular weight is 400 g/mol. The van der Waals surface area contributed by atoms with Gasteiger partial charge >= 0.3 is 12.1 Å². The number of ether oxygens (including phenoxy) is 1. The van der Waals surface area contributed by atoms with E-state index in [1.54, 1.807) is 0 Å². The largest absolute Gasteiger partial charge is 0.455 e. The van der Waals surface area contributed by atoms with Crippen molar-refractivity contribution in [3.63, 3.8) is 0 Å². The molecule has 1 atom stereocenters. The molecule has 0 aliphatic carbocycles. The van der Waals surface area contributed by atoms with Gasteiger partial charge in [-0.3, -0.25) is 14.4 Å². The minimum atomic E-state index is -4.53. The standard InChI is InChI=1S/C19H23F3N2O4/c1-3-14(4-2)23-16(25)11-28-18(27)12-8-17(26)24(10-12)15-7-5-6-13(9-15)19(20,21)22/h5-7,9,12,14H,3-4,8,10-11H2,1-2H3,(H,23,25)/t12-/m1/s1. The van der Waals surface area contributed by atoms with Crippen LogP contribution in [0.4, 0.5) is 18.9 Å². The second-order valence-corrected chi connectivity index (χ2v) is 6.64. The summed E-state index contributed by atoms with van der Waals surface area (Å²) in [6.45, 7) is 3.30. The number of carbonyl (C=O) groups excluding carboxylic acids is 3. The molecule has 1 saturated heterocycles. The molecule has 2 rings (SSSR count). The number of anilines is 1. The number of alkyl halides is 3. The fourth-order valence-electron chi connectivity index (χ4n) is 2.98. The molecule has 0 aromatic heterocycles. The summed E-state index contributed by atoms with van der Waals surface area (Å²) in [5, 5.41) is 2.73. The summed E-state index contributed by atoms with van der Waals surface area (Å²) in [6.07, 6.45) is -3.21. The number of benzene rings is 1. The lowest BCUT2D eigenvalue weighted by Crippen LogP contribution is -2.37. The summed E-state index contributed by atoms with van der Waals surface area (Å²) in [7, 11) is 0. The van der Waals surface area contributed by atoms with Crippen molar-refractivity contribution in [3.05, 3.63) is 29.8 Å². The third-order valence-corrected chi connectivity index (χ3v) is 4.64. The Morgan fingerprint density at radius 2 is 1.96 bits per heavy atom. The zero-order valence-corrected chi connectivity index (χ0v) is 15.7. The third-order valence-electron chi connectivity index (χ3n) is 4.64. The van der Waals surface area contributed by atoms with Crippen LogP contribution in [0.25, 0.3) is 0 Å². The summed E-state index contributed by atoms with van der Waals surface area (Å²) in [6, 6.07) is 4.36. The molecule has 1 aromatic carbocycles. The Morgan fingerprint density at radius 3 is 2.57 bits per heavy atom. The van der Waals surface area contributed by atoms with E-state index in [1.165, 1.54) is 12.1 Å². The molecule has 1 fully saturated rings. The molecule has 1 N–H and O–H groups in total. The Hall–Kier alpha value is -2.58. The van der Waals surface area contributed by atoms with Crippen molar-refractivity contribution in [2.24, 2.45) is 5.92 Å². The van der Waals surface area contributed by atoms with E-state index in [4.69, 9.17) is 4.74 Å². The highest BCUT2D eigenvalue weighted by Crippen LogP contribution is 2.33. The summed E-state index contributed by atoms with van der Waals surface area (Å²) in [5.41, 5.74) is -0.802. The number of nitrogens with zero attached hydrogens (tertiary/aromatic N) is 1. The molecule has 154 valence electrons. The molecule has 0 unspecified atom stereocenters. The highest BCUT2D eigenvalue weighted by atomic mass is 19.4. The number of carbonyl (C=O) groups is 3. The molecule has 28 heavy (non-hydrogen) atoms. The van der Waals surface area contributed by atoms with E-state index in [0.29, 0.717) is 0 Å². The van der Waals surface area contributed by atoms with Crippen LogP contribution in [0.2, 0.25) is 0 Å². The molecule has 9 heteroatoms. The zero-order valence-electron chi connectivity index (χ0n) is 15.7. The first-order chi connectivity index (χ1) is 13.2. The fourth-order valence-corrected chi connectivity index (χ4v) is 2.98. The molecule has 1 aliphatic heterocycles. The van der Waals surface area contributed by atoms with E-state index in [2.05, 4.69) is 5.32 Å². The monoisotopic (exact) mass is 400 g/mol. The van der Waals surface area contributed by atoms with Gasteiger partial charge in [0.2, 0.25) is 5.91 Å². The van der Waals surface area contributed by atoms with E-state index >= 15 is 0 Å². The van der Waals surface area contributed by atoms with Crippen LogP contribution in [0.1, 0.15) is 38.7 Å². The van der Waals surface area contributed by atoms with Gasteiger partial charge < -0.3 is 15.0 Å². The van der Waals surface area contributed by atoms with Gasteiger partial charge in [-0.25, -0.2) is 0 Å². The Bertz CT molecular complexity index is 732. The van der Waals surface area contributed by atoms with Crippen molar-refractivity contribution >= 4 is 23.5 Å². The number of halogens is 3. The highest BCUT2D eigenvalue weighted by Gasteiger charge is 2.37. The molecule has 1 heterocycles. The van der Waals surface area contributed by atoms with Gasteiger partial charge in [0, 0.05) is 24.7 Å². The maximum absolute atomic E-state index is 12.9. The molecule has 0 spiro atoms. The van der Waals surface area contributed by atoms with Crippen LogP contribution in [-0.4, -0.2) is 37.0 Å². The van der Waals surface area contributed by atoms with Gasteiger partial charge in [-0.1, -0.05) is 19.9 Å². The maximum atomic E-state index is 12.9. The van der Waals surface area contributed by atoms with Crippen molar-refractivity contribution in [2.75, 3.05) is 18.1 Å². The van der Waals surface area contributed by atoms with Crippen LogP contribution in [-0.2, 0) is 25.3 Å². The van der Waals surface area contributed by atoms with Crippen molar-refractivity contribution in [3.8, 4) is 0 Å². The van der Waals surface area contributed by atoms with E-state index < -0.39 is 42.0 Å². The van der Waals surface area contributed by atoms with Gasteiger partial charge in [-0.15, -0.1) is 0 Å². The maximum Gasteiger partial charge on any atom is 0.416 e. The predicted molar refractivity (Wildman–Crippen MR) is 95.4 cm³/mol. The number of hydrogen-bond acceptors (Lipinski definition) is 4. The Morgan fingerprint density at radius 1 is 1.29 bits per heavy atom. The van der Waals surface area contributed by atoms with Gasteiger partial charge in [-0.2, -0.15) is 13.2 Å². The Balaban J connectivity index is 1.95. The lowest BCUT2D eigenvalue weighted by atomic mass is 10.1. The highest BCUT2D eigenvalue weighted by molar-refractivity contribution is 5.99. The second kappa shape index (κ2) is 9.07. The lowest BCUT2D eigenvalue weighted by Gasteiger charge is -2.18. The SMILES string of the molecule is CCC(CC)NC(=O)COC(=O)[C@@H]1CC(=O)N(c2cccc(C(F)(F)F)c2)C1. The first-order valence-electron chi connectivity index (χ1n) is 9.09. The van der Waals surface area contributed by atoms with Crippen LogP contribution < -0.4 is 10.2 Å². The van der Waals surface area contributed by atoms with Gasteiger partial charge in [0.15, 0.2) is 6.61 Å². The predicted octanol–water partition coefficient (Wildman–Crippen LogP) is 2.91. The minimum Gasteiger partial charge on any atom is -0.455 e. The number of hydrogen-bond donors (Lipinski definition) is 1. The summed E-state index contributed by atoms with van der Waals surface area (Å²) < 4.78 is 43.6. The van der Waals surface area contributed by atoms with E-state index in [1.807, 2.05) is 13.8 Å². The first kappa shape index (κ1) is 21.7. The van der Waals surface area contributed by atoms with Crippen LogP contribution in [0.3, 0.4) is 0 Å². The average Bonchev–Trinajstić information content (AvgIpc) is 3.05. The van der Waals surface area contributed by atoms with Gasteiger partial charge in [0.1, 0.15) is 0 Å². The molecule has 1 aliphatic rings. The van der Waals surface area contributed by atoms with Crippen LogP contribution in [0.5, 0.6) is 0 Å². The molecule has 2 amide bonds. The molecule has 0 bridgehead atoms. The van der Waals surface area contributed by atoms with E-state index in [0.717, 1.165) is 29.9 Å². The number of nitrogens with one attached hydrogen (secondary N) is 1. The molecule has 6 nitrogen and oxygen atoms in total. The van der Waals surface area contributed by atoms with Crippen LogP contribution >= 0.6 is 0 Å². The van der Waals surface area contributed by atoms with Crippen molar-refractivity contribution in [2.45, 2.75) is 45.3 Å². The normalized spacial score (nSPS) is 17.1. The summed E-state index contributed by atoms with van der Waals surface area (Å²) in [5.74, 6) is -2.45. The molecular weight excluding hydrogens is 377 g/mol. The fraction of sp³-hybridized carbons (Fsp3) is 0.526. The molecular formula is C19H23F3N2O4. The Kier molecular flexibility index (Phi) is 7.04.